The van der Waals surface area contributed by atoms with Crippen LogP contribution < -0.4 is 25.0 Å². The van der Waals surface area contributed by atoms with E-state index in [-0.39, 0.29) is 19.8 Å². The summed E-state index contributed by atoms with van der Waals surface area (Å²) >= 11 is 5.77. The largest absolute Gasteiger partial charge is 0.493 e. The fraction of sp³-hybridized carbons (Fsp3) is 0.200. The van der Waals surface area contributed by atoms with E-state index in [1.165, 1.54) is 13.3 Å². The van der Waals surface area contributed by atoms with Gasteiger partial charge in [-0.25, -0.2) is 5.43 Å². The van der Waals surface area contributed by atoms with Gasteiger partial charge < -0.3 is 19.5 Å². The van der Waals surface area contributed by atoms with Gasteiger partial charge in [0.15, 0.2) is 24.7 Å². The van der Waals surface area contributed by atoms with E-state index in [9.17, 15) is 9.59 Å². The molecule has 10 heteroatoms. The molecule has 0 radical (unpaired) electrons. The van der Waals surface area contributed by atoms with E-state index in [1.807, 2.05) is 6.07 Å². The number of hydrazone groups is 1. The Balaban J connectivity index is 1.74. The Morgan fingerprint density at radius 2 is 1.90 bits per heavy atom. The van der Waals surface area contributed by atoms with E-state index in [0.29, 0.717) is 27.8 Å². The highest BCUT2D eigenvalue weighted by molar-refractivity contribution is 6.30. The van der Waals surface area contributed by atoms with Gasteiger partial charge in [-0.3, -0.25) is 9.59 Å². The molecule has 2 rings (SSSR count). The van der Waals surface area contributed by atoms with Gasteiger partial charge in [-0.2, -0.15) is 10.4 Å². The maximum Gasteiger partial charge on any atom is 0.259 e. The van der Waals surface area contributed by atoms with Crippen molar-refractivity contribution in [1.82, 2.24) is 10.7 Å². The van der Waals surface area contributed by atoms with E-state index >= 15 is 0 Å². The summed E-state index contributed by atoms with van der Waals surface area (Å²) in [5.41, 5.74) is 2.93. The third-order valence-corrected chi connectivity index (χ3v) is 3.76. The molecular weight excluding hydrogens is 412 g/mol. The average Bonchev–Trinajstić information content (AvgIpc) is 2.76. The highest BCUT2D eigenvalue weighted by Gasteiger charge is 2.07. The van der Waals surface area contributed by atoms with Crippen LogP contribution >= 0.6 is 11.6 Å². The lowest BCUT2D eigenvalue weighted by atomic mass is 10.2. The fourth-order valence-electron chi connectivity index (χ4n) is 2.12. The minimum absolute atomic E-state index is 0.101. The normalized spacial score (nSPS) is 10.2. The summed E-state index contributed by atoms with van der Waals surface area (Å²) in [6.07, 6.45) is 1.40. The van der Waals surface area contributed by atoms with Crippen molar-refractivity contribution < 1.29 is 23.8 Å². The smallest absolute Gasteiger partial charge is 0.259 e. The minimum atomic E-state index is -0.507. The molecule has 0 saturated carbocycles. The zero-order chi connectivity index (χ0) is 21.8. The number of nitrogens with zero attached hydrogens (tertiary/aromatic N) is 2. The molecule has 0 heterocycles. The standard InChI is InChI=1S/C20H19ClN4O5/c1-28-18-10-14(2-7-17(18)29-9-8-22)11-24-25-19(26)12-23-20(27)13-30-16-5-3-15(21)4-6-16/h2-7,10-11H,9,12-13H2,1H3,(H,23,27)(H,25,26)/b24-11-. The second-order valence-corrected chi connectivity index (χ2v) is 6.11. The number of nitriles is 1. The second-order valence-electron chi connectivity index (χ2n) is 5.67. The summed E-state index contributed by atoms with van der Waals surface area (Å²) in [7, 11) is 1.47. The van der Waals surface area contributed by atoms with Crippen molar-refractivity contribution in [1.29, 1.82) is 5.26 Å². The van der Waals surface area contributed by atoms with Crippen molar-refractivity contribution in [2.75, 3.05) is 26.9 Å². The molecule has 0 aliphatic carbocycles. The first-order valence-corrected chi connectivity index (χ1v) is 9.04. The summed E-state index contributed by atoms with van der Waals surface area (Å²) in [5.74, 6) is 0.370. The van der Waals surface area contributed by atoms with Crippen LogP contribution in [0.3, 0.4) is 0 Å². The monoisotopic (exact) mass is 430 g/mol. The molecule has 0 spiro atoms. The number of benzene rings is 2. The number of hydrogen-bond acceptors (Lipinski definition) is 7. The first kappa shape index (κ1) is 22.5. The summed E-state index contributed by atoms with van der Waals surface area (Å²) in [5, 5.41) is 15.4. The number of carbonyl (C=O) groups excluding carboxylic acids is 2. The Bertz CT molecular complexity index is 941. The van der Waals surface area contributed by atoms with Crippen molar-refractivity contribution in [3.05, 3.63) is 53.1 Å². The van der Waals surface area contributed by atoms with Crippen molar-refractivity contribution in [2.45, 2.75) is 0 Å². The van der Waals surface area contributed by atoms with Crippen molar-refractivity contribution in [2.24, 2.45) is 5.10 Å². The van der Waals surface area contributed by atoms with Gasteiger partial charge in [-0.15, -0.1) is 0 Å². The average molecular weight is 431 g/mol. The minimum Gasteiger partial charge on any atom is -0.493 e. The van der Waals surface area contributed by atoms with Gasteiger partial charge >= 0.3 is 0 Å². The topological polar surface area (TPSA) is 122 Å². The first-order chi connectivity index (χ1) is 14.5. The number of amides is 2. The Kier molecular flexibility index (Phi) is 8.96. The lowest BCUT2D eigenvalue weighted by molar-refractivity contribution is -0.127. The predicted octanol–water partition coefficient (Wildman–Crippen LogP) is 1.90. The molecular formula is C20H19ClN4O5. The van der Waals surface area contributed by atoms with Crippen LogP contribution in [-0.4, -0.2) is 44.9 Å². The molecule has 0 fully saturated rings. The van der Waals surface area contributed by atoms with Crippen LogP contribution in [0, 0.1) is 11.3 Å². The molecule has 0 bridgehead atoms. The molecule has 2 aromatic rings. The summed E-state index contributed by atoms with van der Waals surface area (Å²) in [6, 6.07) is 13.4. The Labute approximate surface area is 178 Å². The maximum atomic E-state index is 11.8. The van der Waals surface area contributed by atoms with Gasteiger partial charge in [-0.1, -0.05) is 11.6 Å². The number of carbonyl (C=O) groups is 2. The first-order valence-electron chi connectivity index (χ1n) is 8.66. The van der Waals surface area contributed by atoms with Crippen LogP contribution in [0.4, 0.5) is 0 Å². The zero-order valence-corrected chi connectivity index (χ0v) is 16.8. The van der Waals surface area contributed by atoms with E-state index < -0.39 is 11.8 Å². The van der Waals surface area contributed by atoms with Gasteiger partial charge in [0.2, 0.25) is 0 Å². The van der Waals surface area contributed by atoms with Crippen LogP contribution in [0.15, 0.2) is 47.6 Å². The number of nitrogens with one attached hydrogen (secondary N) is 2. The Hall–Kier alpha value is -3.77. The maximum absolute atomic E-state index is 11.8. The third-order valence-electron chi connectivity index (χ3n) is 3.51. The van der Waals surface area contributed by atoms with Crippen LogP contribution in [0.2, 0.25) is 5.02 Å². The molecule has 0 aromatic heterocycles. The molecule has 2 aromatic carbocycles. The van der Waals surface area contributed by atoms with Gasteiger partial charge in [-0.05, 0) is 48.0 Å². The summed E-state index contributed by atoms with van der Waals surface area (Å²) in [4.78, 5) is 23.5. The Morgan fingerprint density at radius 1 is 1.13 bits per heavy atom. The van der Waals surface area contributed by atoms with Crippen molar-refractivity contribution in [3.63, 3.8) is 0 Å². The van der Waals surface area contributed by atoms with Crippen LogP contribution in [0.25, 0.3) is 0 Å². The van der Waals surface area contributed by atoms with Gasteiger partial charge in [0, 0.05) is 5.02 Å². The van der Waals surface area contributed by atoms with Crippen LogP contribution in [0.1, 0.15) is 5.56 Å². The molecule has 0 aliphatic rings. The van der Waals surface area contributed by atoms with E-state index in [4.69, 9.17) is 31.1 Å². The summed E-state index contributed by atoms with van der Waals surface area (Å²) in [6.45, 7) is -0.598. The number of rotatable bonds is 10. The molecule has 0 saturated heterocycles. The Morgan fingerprint density at radius 3 is 2.60 bits per heavy atom. The van der Waals surface area contributed by atoms with Gasteiger partial charge in [0.1, 0.15) is 11.8 Å². The molecule has 0 aliphatic heterocycles. The number of halogens is 1. The molecule has 30 heavy (non-hydrogen) atoms. The SMILES string of the molecule is COc1cc(/C=N\NC(=O)CNC(=O)COc2ccc(Cl)cc2)ccc1OCC#N. The predicted molar refractivity (Wildman–Crippen MR) is 110 cm³/mol. The quantitative estimate of drug-likeness (QED) is 0.438. The van der Waals surface area contributed by atoms with E-state index in [2.05, 4.69) is 15.8 Å². The zero-order valence-electron chi connectivity index (χ0n) is 16.1. The molecule has 9 nitrogen and oxygen atoms in total. The molecule has 156 valence electrons. The highest BCUT2D eigenvalue weighted by Crippen LogP contribution is 2.27. The number of hydrogen-bond donors (Lipinski definition) is 2. The molecule has 2 N–H and O–H groups in total. The second kappa shape index (κ2) is 11.9. The lowest BCUT2D eigenvalue weighted by Crippen LogP contribution is -2.37. The van der Waals surface area contributed by atoms with E-state index in [1.54, 1.807) is 42.5 Å². The molecule has 2 amide bonds. The van der Waals surface area contributed by atoms with Crippen molar-refractivity contribution in [3.8, 4) is 23.3 Å². The highest BCUT2D eigenvalue weighted by atomic mass is 35.5. The van der Waals surface area contributed by atoms with Crippen LogP contribution in [0.5, 0.6) is 17.2 Å². The molecule has 0 unspecified atom stereocenters. The molecule has 0 atom stereocenters. The van der Waals surface area contributed by atoms with Gasteiger partial charge in [0.25, 0.3) is 11.8 Å². The van der Waals surface area contributed by atoms with Gasteiger partial charge in [0.05, 0.1) is 19.9 Å². The van der Waals surface area contributed by atoms with Crippen LogP contribution in [-0.2, 0) is 9.59 Å². The third kappa shape index (κ3) is 7.69. The van der Waals surface area contributed by atoms with E-state index in [0.717, 1.165) is 0 Å². The number of methoxy groups -OCH3 is 1. The number of ether oxygens (including phenoxy) is 3. The fourth-order valence-corrected chi connectivity index (χ4v) is 2.25. The van der Waals surface area contributed by atoms with Crippen molar-refractivity contribution >= 4 is 29.6 Å². The lowest BCUT2D eigenvalue weighted by Gasteiger charge is -2.08. The summed E-state index contributed by atoms with van der Waals surface area (Å²) < 4.78 is 15.7.